The van der Waals surface area contributed by atoms with Crippen LogP contribution in [0, 0.1) is 0 Å². The van der Waals surface area contributed by atoms with Crippen LogP contribution in [0.2, 0.25) is 0 Å². The van der Waals surface area contributed by atoms with E-state index >= 15 is 0 Å². The van der Waals surface area contributed by atoms with Crippen LogP contribution >= 0.6 is 0 Å². The molecule has 0 bridgehead atoms. The number of benzene rings is 3. The Bertz CT molecular complexity index is 980. The van der Waals surface area contributed by atoms with Gasteiger partial charge >= 0.3 is 0 Å². The zero-order chi connectivity index (χ0) is 21.1. The van der Waals surface area contributed by atoms with Crippen LogP contribution < -0.4 is 14.2 Å². The lowest BCUT2D eigenvalue weighted by Crippen LogP contribution is -2.43. The van der Waals surface area contributed by atoms with Gasteiger partial charge in [0.2, 0.25) is 0 Å². The van der Waals surface area contributed by atoms with Crippen molar-refractivity contribution in [1.82, 2.24) is 0 Å². The topological polar surface area (TPSA) is 47.9 Å². The molecule has 3 aromatic rings. The summed E-state index contributed by atoms with van der Waals surface area (Å²) in [6.07, 6.45) is 0. The van der Waals surface area contributed by atoms with Crippen molar-refractivity contribution in [1.29, 1.82) is 0 Å². The van der Waals surface area contributed by atoms with Crippen molar-refractivity contribution in [2.75, 3.05) is 20.3 Å². The number of aliphatic hydroxyl groups is 1. The predicted molar refractivity (Wildman–Crippen MR) is 118 cm³/mol. The molecule has 4 rings (SSSR count). The summed E-state index contributed by atoms with van der Waals surface area (Å²) in [6, 6.07) is 24.8. The largest absolute Gasteiger partial charge is 0.497 e. The van der Waals surface area contributed by atoms with E-state index in [0.29, 0.717) is 6.61 Å². The number of rotatable bonds is 6. The van der Waals surface area contributed by atoms with Gasteiger partial charge in [0.05, 0.1) is 13.7 Å². The van der Waals surface area contributed by atoms with Crippen LogP contribution in [0.3, 0.4) is 0 Å². The molecule has 0 spiro atoms. The lowest BCUT2D eigenvalue weighted by molar-refractivity contribution is 0.0528. The Balaban J connectivity index is 1.84. The number of aliphatic hydroxyl groups excluding tert-OH is 1. The predicted octanol–water partition coefficient (Wildman–Crippen LogP) is 5.15. The minimum Gasteiger partial charge on any atom is -0.497 e. The first-order valence-corrected chi connectivity index (χ1v) is 10.3. The Morgan fingerprint density at radius 3 is 2.27 bits per heavy atom. The Morgan fingerprint density at radius 2 is 1.60 bits per heavy atom. The van der Waals surface area contributed by atoms with Gasteiger partial charge < -0.3 is 19.3 Å². The van der Waals surface area contributed by atoms with E-state index in [9.17, 15) is 0 Å². The molecule has 4 heteroatoms. The van der Waals surface area contributed by atoms with Crippen LogP contribution in [0.5, 0.6) is 17.2 Å². The second-order valence-electron chi connectivity index (χ2n) is 8.12. The van der Waals surface area contributed by atoms with E-state index in [2.05, 4.69) is 56.3 Å². The molecule has 0 amide bonds. The average Bonchev–Trinajstić information content (AvgIpc) is 2.76. The van der Waals surface area contributed by atoms with Crippen molar-refractivity contribution in [3.05, 3.63) is 89.5 Å². The van der Waals surface area contributed by atoms with Crippen molar-refractivity contribution in [2.45, 2.75) is 31.3 Å². The van der Waals surface area contributed by atoms with Crippen molar-refractivity contribution < 1.29 is 19.3 Å². The van der Waals surface area contributed by atoms with E-state index in [1.54, 1.807) is 7.11 Å². The molecule has 30 heavy (non-hydrogen) atoms. The van der Waals surface area contributed by atoms with Crippen LogP contribution in [-0.4, -0.2) is 31.0 Å². The van der Waals surface area contributed by atoms with E-state index < -0.39 is 5.60 Å². The van der Waals surface area contributed by atoms with Crippen LogP contribution in [0.25, 0.3) is 0 Å². The molecule has 4 nitrogen and oxygen atoms in total. The molecule has 0 radical (unpaired) electrons. The fraction of sp³-hybridized carbons (Fsp3) is 0.308. The molecule has 0 aromatic heterocycles. The number of fused-ring (bicyclic) bond motifs is 1. The van der Waals surface area contributed by atoms with Gasteiger partial charge in [0.25, 0.3) is 0 Å². The highest BCUT2D eigenvalue weighted by molar-refractivity contribution is 5.52. The van der Waals surface area contributed by atoms with E-state index in [4.69, 9.17) is 19.3 Å². The maximum Gasteiger partial charge on any atom is 0.127 e. The van der Waals surface area contributed by atoms with Crippen LogP contribution in [0.1, 0.15) is 42.4 Å². The molecule has 1 heterocycles. The summed E-state index contributed by atoms with van der Waals surface area (Å²) in [5.74, 6) is 2.64. The first kappa shape index (κ1) is 20.3. The lowest BCUT2D eigenvalue weighted by Gasteiger charge is -2.45. The second-order valence-corrected chi connectivity index (χ2v) is 8.12. The number of hydrogen-bond donors (Lipinski definition) is 1. The van der Waals surface area contributed by atoms with Crippen LogP contribution in [0.15, 0.2) is 72.8 Å². The monoisotopic (exact) mass is 404 g/mol. The Morgan fingerprint density at radius 1 is 0.900 bits per heavy atom. The van der Waals surface area contributed by atoms with Gasteiger partial charge in [-0.15, -0.1) is 0 Å². The standard InChI is InChI=1S/C26H28O4/c1-26(2)25(19-7-5-4-6-8-19)24(18-9-11-20(12-10-18)29-16-15-27)22-14-13-21(28-3)17-23(22)30-26/h4-14,17,24-25,27H,15-16H2,1-3H3. The third kappa shape index (κ3) is 3.88. The summed E-state index contributed by atoms with van der Waals surface area (Å²) in [6.45, 7) is 4.59. The van der Waals surface area contributed by atoms with Crippen molar-refractivity contribution in [3.63, 3.8) is 0 Å². The molecule has 0 fully saturated rings. The zero-order valence-electron chi connectivity index (χ0n) is 17.7. The SMILES string of the molecule is COc1ccc2c(c1)OC(C)(C)C(c1ccccc1)C2c1ccc(OCCO)cc1. The van der Waals surface area contributed by atoms with E-state index in [0.717, 1.165) is 22.8 Å². The molecule has 0 aliphatic carbocycles. The minimum atomic E-state index is -0.419. The molecule has 2 atom stereocenters. The molecular weight excluding hydrogens is 376 g/mol. The van der Waals surface area contributed by atoms with E-state index in [1.165, 1.54) is 11.1 Å². The third-order valence-corrected chi connectivity index (χ3v) is 5.77. The summed E-state index contributed by atoms with van der Waals surface area (Å²) in [7, 11) is 1.67. The van der Waals surface area contributed by atoms with Crippen LogP contribution in [-0.2, 0) is 0 Å². The Kier molecular flexibility index (Phi) is 5.69. The van der Waals surface area contributed by atoms with Gasteiger partial charge in [-0.1, -0.05) is 48.5 Å². The van der Waals surface area contributed by atoms with Gasteiger partial charge in [0.15, 0.2) is 0 Å². The van der Waals surface area contributed by atoms with Gasteiger partial charge in [-0.3, -0.25) is 0 Å². The highest BCUT2D eigenvalue weighted by Gasteiger charge is 2.45. The first-order chi connectivity index (χ1) is 14.5. The lowest BCUT2D eigenvalue weighted by atomic mass is 9.68. The third-order valence-electron chi connectivity index (χ3n) is 5.77. The quantitative estimate of drug-likeness (QED) is 0.617. The van der Waals surface area contributed by atoms with Crippen LogP contribution in [0.4, 0.5) is 0 Å². The van der Waals surface area contributed by atoms with Gasteiger partial charge in [-0.2, -0.15) is 0 Å². The highest BCUT2D eigenvalue weighted by Crippen LogP contribution is 2.53. The normalized spacial score (nSPS) is 19.5. The summed E-state index contributed by atoms with van der Waals surface area (Å²) in [5, 5.41) is 9.01. The molecule has 1 aliphatic rings. The molecule has 2 unspecified atom stereocenters. The maximum absolute atomic E-state index is 9.01. The smallest absolute Gasteiger partial charge is 0.127 e. The second kappa shape index (κ2) is 8.41. The van der Waals surface area contributed by atoms with Gasteiger partial charge in [0.1, 0.15) is 29.5 Å². The summed E-state index contributed by atoms with van der Waals surface area (Å²) < 4.78 is 17.5. The molecule has 156 valence electrons. The Labute approximate surface area is 178 Å². The molecule has 0 saturated carbocycles. The number of ether oxygens (including phenoxy) is 3. The summed E-state index contributed by atoms with van der Waals surface area (Å²) >= 11 is 0. The van der Waals surface area contributed by atoms with Crippen molar-refractivity contribution in [2.24, 2.45) is 0 Å². The minimum absolute atomic E-state index is 0.00118. The maximum atomic E-state index is 9.01. The molecule has 1 aliphatic heterocycles. The Hall–Kier alpha value is -2.98. The van der Waals surface area contributed by atoms with Crippen molar-refractivity contribution >= 4 is 0 Å². The highest BCUT2D eigenvalue weighted by atomic mass is 16.5. The fourth-order valence-electron chi connectivity index (χ4n) is 4.48. The summed E-state index contributed by atoms with van der Waals surface area (Å²) in [5.41, 5.74) is 3.17. The first-order valence-electron chi connectivity index (χ1n) is 10.3. The molecule has 0 saturated heterocycles. The molecule has 1 N–H and O–H groups in total. The summed E-state index contributed by atoms with van der Waals surface area (Å²) in [4.78, 5) is 0. The average molecular weight is 405 g/mol. The molecular formula is C26H28O4. The molecule has 3 aromatic carbocycles. The fourth-order valence-corrected chi connectivity index (χ4v) is 4.48. The van der Waals surface area contributed by atoms with E-state index in [1.807, 2.05) is 30.3 Å². The number of methoxy groups -OCH3 is 1. The van der Waals surface area contributed by atoms with Gasteiger partial charge in [-0.05, 0) is 43.2 Å². The van der Waals surface area contributed by atoms with E-state index in [-0.39, 0.29) is 18.4 Å². The zero-order valence-corrected chi connectivity index (χ0v) is 17.7. The van der Waals surface area contributed by atoms with Gasteiger partial charge in [0, 0.05) is 23.5 Å². The van der Waals surface area contributed by atoms with Crippen molar-refractivity contribution in [3.8, 4) is 17.2 Å². The van der Waals surface area contributed by atoms with Gasteiger partial charge in [-0.25, -0.2) is 0 Å². The number of hydrogen-bond acceptors (Lipinski definition) is 4.